The maximum atomic E-state index is 12.6. The van der Waals surface area contributed by atoms with E-state index in [1.807, 2.05) is 61.5 Å². The summed E-state index contributed by atoms with van der Waals surface area (Å²) in [6.45, 7) is 1.78. The molecule has 0 saturated heterocycles. The first-order chi connectivity index (χ1) is 9.65. The summed E-state index contributed by atoms with van der Waals surface area (Å²) in [5, 5.41) is 9.19. The predicted octanol–water partition coefficient (Wildman–Crippen LogP) is 2.81. The molecule has 0 saturated carbocycles. The zero-order valence-electron chi connectivity index (χ0n) is 11.8. The van der Waals surface area contributed by atoms with Crippen LogP contribution < -0.4 is 0 Å². The molecule has 3 nitrogen and oxygen atoms in total. The lowest BCUT2D eigenvalue weighted by Crippen LogP contribution is -2.37. The predicted molar refractivity (Wildman–Crippen MR) is 80.5 cm³/mol. The number of aliphatic hydroxyl groups excluding tert-OH is 1. The molecule has 2 aromatic rings. The van der Waals surface area contributed by atoms with E-state index in [0.29, 0.717) is 5.56 Å². The number of carbonyl (C=O) groups excluding carboxylic acids is 1. The average Bonchev–Trinajstić information content (AvgIpc) is 2.53. The minimum absolute atomic E-state index is 0.0459. The molecule has 0 aliphatic carbocycles. The Balaban J connectivity index is 2.41. The minimum atomic E-state index is -0.202. The fourth-order valence-electron chi connectivity index (χ4n) is 2.05. The van der Waals surface area contributed by atoms with Crippen molar-refractivity contribution in [2.45, 2.75) is 13.0 Å². The number of benzene rings is 2. The van der Waals surface area contributed by atoms with Crippen LogP contribution in [0.25, 0.3) is 11.1 Å². The fraction of sp³-hybridized carbons (Fsp3) is 0.235. The highest BCUT2D eigenvalue weighted by atomic mass is 16.3. The van der Waals surface area contributed by atoms with Crippen molar-refractivity contribution in [3.63, 3.8) is 0 Å². The van der Waals surface area contributed by atoms with Gasteiger partial charge in [-0.25, -0.2) is 0 Å². The van der Waals surface area contributed by atoms with E-state index in [9.17, 15) is 9.90 Å². The number of hydrogen-bond acceptors (Lipinski definition) is 2. The van der Waals surface area contributed by atoms with Crippen molar-refractivity contribution >= 4 is 5.91 Å². The first-order valence-electron chi connectivity index (χ1n) is 6.67. The topological polar surface area (TPSA) is 40.5 Å². The van der Waals surface area contributed by atoms with Crippen LogP contribution in [0.2, 0.25) is 0 Å². The van der Waals surface area contributed by atoms with Crippen LogP contribution >= 0.6 is 0 Å². The summed E-state index contributed by atoms with van der Waals surface area (Å²) >= 11 is 0. The Labute approximate surface area is 119 Å². The van der Waals surface area contributed by atoms with E-state index in [1.54, 1.807) is 11.9 Å². The largest absolute Gasteiger partial charge is 0.394 e. The Morgan fingerprint density at radius 1 is 1.10 bits per heavy atom. The highest BCUT2D eigenvalue weighted by Crippen LogP contribution is 2.24. The Bertz CT molecular complexity index is 581. The molecule has 0 radical (unpaired) electrons. The summed E-state index contributed by atoms with van der Waals surface area (Å²) < 4.78 is 0. The van der Waals surface area contributed by atoms with Gasteiger partial charge in [0.25, 0.3) is 5.91 Å². The summed E-state index contributed by atoms with van der Waals surface area (Å²) in [5.74, 6) is -0.0778. The lowest BCUT2D eigenvalue weighted by molar-refractivity contribution is 0.0683. The highest BCUT2D eigenvalue weighted by molar-refractivity contribution is 6.00. The second kappa shape index (κ2) is 6.35. The Morgan fingerprint density at radius 2 is 1.70 bits per heavy atom. The first-order valence-corrected chi connectivity index (χ1v) is 6.67. The molecule has 0 aliphatic heterocycles. The van der Waals surface area contributed by atoms with Crippen molar-refractivity contribution in [2.24, 2.45) is 0 Å². The number of likely N-dealkylation sites (N-methyl/N-ethyl adjacent to an activating group) is 1. The Kier molecular flexibility index (Phi) is 4.53. The standard InChI is InChI=1S/C17H19NO2/c1-13(12-19)18(2)17(20)16-11-7-6-10-15(16)14-8-4-3-5-9-14/h3-11,13,19H,12H2,1-2H3/t13-/m0/s1. The van der Waals surface area contributed by atoms with E-state index < -0.39 is 0 Å². The van der Waals surface area contributed by atoms with E-state index in [2.05, 4.69) is 0 Å². The molecule has 0 aromatic heterocycles. The molecule has 0 bridgehead atoms. The fourth-order valence-corrected chi connectivity index (χ4v) is 2.05. The maximum absolute atomic E-state index is 12.6. The zero-order chi connectivity index (χ0) is 14.5. The number of rotatable bonds is 4. The molecule has 2 rings (SSSR count). The van der Waals surface area contributed by atoms with Gasteiger partial charge in [-0.3, -0.25) is 4.79 Å². The molecule has 0 spiro atoms. The van der Waals surface area contributed by atoms with Crippen molar-refractivity contribution in [1.82, 2.24) is 4.90 Å². The molecule has 104 valence electrons. The van der Waals surface area contributed by atoms with Crippen LogP contribution in [0.5, 0.6) is 0 Å². The van der Waals surface area contributed by atoms with Crippen LogP contribution in [0, 0.1) is 0 Å². The summed E-state index contributed by atoms with van der Waals surface area (Å²) in [4.78, 5) is 14.1. The zero-order valence-corrected chi connectivity index (χ0v) is 11.8. The van der Waals surface area contributed by atoms with Gasteiger partial charge in [-0.1, -0.05) is 48.5 Å². The van der Waals surface area contributed by atoms with Crippen molar-refractivity contribution < 1.29 is 9.90 Å². The molecule has 1 amide bonds. The maximum Gasteiger partial charge on any atom is 0.254 e. The second-order valence-electron chi connectivity index (χ2n) is 4.86. The number of hydrogen-bond donors (Lipinski definition) is 1. The van der Waals surface area contributed by atoms with Gasteiger partial charge in [0.1, 0.15) is 0 Å². The van der Waals surface area contributed by atoms with Crippen molar-refractivity contribution in [2.75, 3.05) is 13.7 Å². The van der Waals surface area contributed by atoms with Crippen LogP contribution in [0.4, 0.5) is 0 Å². The van der Waals surface area contributed by atoms with Crippen LogP contribution in [0.1, 0.15) is 17.3 Å². The molecule has 0 aliphatic rings. The molecule has 0 heterocycles. The summed E-state index contributed by atoms with van der Waals surface area (Å²) in [5.41, 5.74) is 2.58. The molecular weight excluding hydrogens is 250 g/mol. The molecule has 1 N–H and O–H groups in total. The monoisotopic (exact) mass is 269 g/mol. The van der Waals surface area contributed by atoms with Gasteiger partial charge >= 0.3 is 0 Å². The summed E-state index contributed by atoms with van der Waals surface area (Å²) in [6, 6.07) is 17.2. The van der Waals surface area contributed by atoms with Gasteiger partial charge in [0, 0.05) is 12.6 Å². The average molecular weight is 269 g/mol. The normalized spacial score (nSPS) is 11.9. The summed E-state index contributed by atoms with van der Waals surface area (Å²) in [7, 11) is 1.71. The van der Waals surface area contributed by atoms with E-state index in [-0.39, 0.29) is 18.6 Å². The van der Waals surface area contributed by atoms with E-state index in [4.69, 9.17) is 0 Å². The third-order valence-electron chi connectivity index (χ3n) is 3.49. The van der Waals surface area contributed by atoms with Crippen molar-refractivity contribution in [1.29, 1.82) is 0 Å². The molecule has 1 atom stereocenters. The van der Waals surface area contributed by atoms with Crippen molar-refractivity contribution in [3.8, 4) is 11.1 Å². The van der Waals surface area contributed by atoms with Gasteiger partial charge in [-0.15, -0.1) is 0 Å². The third kappa shape index (κ3) is 2.89. The second-order valence-corrected chi connectivity index (χ2v) is 4.86. The van der Waals surface area contributed by atoms with Gasteiger partial charge < -0.3 is 10.0 Å². The Hall–Kier alpha value is -2.13. The first kappa shape index (κ1) is 14.3. The van der Waals surface area contributed by atoms with Gasteiger partial charge in [0.2, 0.25) is 0 Å². The lowest BCUT2D eigenvalue weighted by Gasteiger charge is -2.24. The van der Waals surface area contributed by atoms with Crippen LogP contribution in [0.3, 0.4) is 0 Å². The molecule has 0 fully saturated rings. The van der Waals surface area contributed by atoms with Crippen LogP contribution in [-0.2, 0) is 0 Å². The Morgan fingerprint density at radius 3 is 2.35 bits per heavy atom. The molecule has 3 heteroatoms. The highest BCUT2D eigenvalue weighted by Gasteiger charge is 2.19. The number of amides is 1. The van der Waals surface area contributed by atoms with Gasteiger partial charge in [0.15, 0.2) is 0 Å². The number of aliphatic hydroxyl groups is 1. The smallest absolute Gasteiger partial charge is 0.254 e. The van der Waals surface area contributed by atoms with Crippen LogP contribution in [0.15, 0.2) is 54.6 Å². The molecule has 20 heavy (non-hydrogen) atoms. The molecule has 2 aromatic carbocycles. The molecule has 0 unspecified atom stereocenters. The van der Waals surface area contributed by atoms with E-state index >= 15 is 0 Å². The molecular formula is C17H19NO2. The number of nitrogens with zero attached hydrogens (tertiary/aromatic N) is 1. The van der Waals surface area contributed by atoms with Crippen molar-refractivity contribution in [3.05, 3.63) is 60.2 Å². The summed E-state index contributed by atoms with van der Waals surface area (Å²) in [6.07, 6.45) is 0. The van der Waals surface area contributed by atoms with Gasteiger partial charge in [-0.05, 0) is 24.1 Å². The minimum Gasteiger partial charge on any atom is -0.394 e. The van der Waals surface area contributed by atoms with Gasteiger partial charge in [-0.2, -0.15) is 0 Å². The quantitative estimate of drug-likeness (QED) is 0.927. The SMILES string of the molecule is C[C@@H](CO)N(C)C(=O)c1ccccc1-c1ccccc1. The van der Waals surface area contributed by atoms with E-state index in [0.717, 1.165) is 11.1 Å². The number of carbonyl (C=O) groups is 1. The van der Waals surface area contributed by atoms with Crippen LogP contribution in [-0.4, -0.2) is 35.6 Å². The third-order valence-corrected chi connectivity index (χ3v) is 3.49. The van der Waals surface area contributed by atoms with E-state index in [1.165, 1.54) is 0 Å². The lowest BCUT2D eigenvalue weighted by atomic mass is 9.98. The van der Waals surface area contributed by atoms with Gasteiger partial charge in [0.05, 0.1) is 12.6 Å².